The summed E-state index contributed by atoms with van der Waals surface area (Å²) < 4.78 is 8.88. The van der Waals surface area contributed by atoms with E-state index in [9.17, 15) is 0 Å². The molecule has 0 aromatic heterocycles. The van der Waals surface area contributed by atoms with E-state index in [2.05, 4.69) is 0 Å². The molecule has 0 aliphatic carbocycles. The van der Waals surface area contributed by atoms with Crippen LogP contribution in [0.5, 0.6) is 0 Å². The van der Waals surface area contributed by atoms with Gasteiger partial charge in [-0.15, -0.1) is 12.4 Å². The molecule has 0 amide bonds. The van der Waals surface area contributed by atoms with Crippen LogP contribution in [0.15, 0.2) is 0 Å². The molecule has 0 aliphatic heterocycles. The van der Waals surface area contributed by atoms with Crippen molar-refractivity contribution in [2.45, 2.75) is 0 Å². The van der Waals surface area contributed by atoms with Crippen LogP contribution in [-0.4, -0.2) is 14.7 Å². The maximum Gasteiger partial charge on any atom is 1.00 e. The lowest BCUT2D eigenvalue weighted by atomic mass is 15.8. The first-order valence-electron chi connectivity index (χ1n) is 0.783. The second-order valence-electron chi connectivity index (χ2n) is 0.513. The van der Waals surface area contributed by atoms with Gasteiger partial charge in [0.15, 0.2) is 0 Å². The quantitative estimate of drug-likeness (QED) is 0.395. The molecule has 4 nitrogen and oxygen atoms in total. The fraction of sp³-hybridized carbons (Fsp3) is 0. The van der Waals surface area contributed by atoms with Crippen LogP contribution in [0.4, 0.5) is 0 Å². The van der Waals surface area contributed by atoms with E-state index in [1.54, 1.807) is 0 Å². The Kier molecular flexibility index (Phi) is 4.10. The lowest BCUT2D eigenvalue weighted by Crippen LogP contribution is -1.66. The zero-order chi connectivity index (χ0) is 4.50. The number of hydrogen-bond donors (Lipinski definition) is 3. The summed E-state index contributed by atoms with van der Waals surface area (Å²) in [4.78, 5) is 21.6. The first-order valence-corrected chi connectivity index (χ1v) is 2.35. The molecule has 0 radical (unpaired) electrons. The van der Waals surface area contributed by atoms with Crippen LogP contribution in [0, 0.1) is 0 Å². The summed E-state index contributed by atoms with van der Waals surface area (Å²) >= 11 is 0. The van der Waals surface area contributed by atoms with Gasteiger partial charge < -0.3 is 14.7 Å². The minimum atomic E-state index is -4.64. The summed E-state index contributed by atoms with van der Waals surface area (Å²) in [5.74, 6) is 0. The van der Waals surface area contributed by atoms with Crippen molar-refractivity contribution in [1.82, 2.24) is 0 Å². The Morgan fingerprint density at radius 3 is 1.33 bits per heavy atom. The van der Waals surface area contributed by atoms with Crippen LogP contribution in [0.1, 0.15) is 1.43 Å². The van der Waals surface area contributed by atoms with Crippen LogP contribution in [0.25, 0.3) is 0 Å². The fourth-order valence-corrected chi connectivity index (χ4v) is 0. The molecular formula is H5ClO4P+. The van der Waals surface area contributed by atoms with Gasteiger partial charge in [-0.25, -0.2) is 4.57 Å². The van der Waals surface area contributed by atoms with Gasteiger partial charge in [-0.3, -0.25) is 0 Å². The van der Waals surface area contributed by atoms with Gasteiger partial charge in [-0.1, -0.05) is 0 Å². The van der Waals surface area contributed by atoms with Crippen molar-refractivity contribution < 1.29 is 20.7 Å². The van der Waals surface area contributed by atoms with Crippen LogP contribution in [0.3, 0.4) is 0 Å². The number of halogens is 1. The van der Waals surface area contributed by atoms with Crippen molar-refractivity contribution in [1.29, 1.82) is 0 Å². The molecule has 0 unspecified atom stereocenters. The first kappa shape index (κ1) is 9.64. The third kappa shape index (κ3) is 318. The Labute approximate surface area is 41.9 Å². The summed E-state index contributed by atoms with van der Waals surface area (Å²) in [6, 6.07) is 0. The zero-order valence-electron chi connectivity index (χ0n) is 3.61. The second kappa shape index (κ2) is 2.55. The summed E-state index contributed by atoms with van der Waals surface area (Å²) in [5, 5.41) is 0. The Bertz CT molecular complexity index is 57.8. The molecule has 0 fully saturated rings. The van der Waals surface area contributed by atoms with Gasteiger partial charge in [0, 0.05) is 0 Å². The predicted octanol–water partition coefficient (Wildman–Crippen LogP) is -0.394. The first-order chi connectivity index (χ1) is 2.00. The maximum atomic E-state index is 8.88. The molecule has 0 bridgehead atoms. The normalized spacial score (nSPS) is 9.83. The molecule has 0 spiro atoms. The monoisotopic (exact) mass is 135 g/mol. The molecule has 6 heavy (non-hydrogen) atoms. The number of hydrogen-bond acceptors (Lipinski definition) is 1. The lowest BCUT2D eigenvalue weighted by molar-refractivity contribution is 0.275. The number of phosphoric acid groups is 1. The molecule has 0 saturated carbocycles. The summed E-state index contributed by atoms with van der Waals surface area (Å²) in [6.45, 7) is 0. The predicted molar refractivity (Wildman–Crippen MR) is 22.6 cm³/mol. The molecule has 3 N–H and O–H groups in total. The molecule has 0 aromatic rings. The van der Waals surface area contributed by atoms with Crippen molar-refractivity contribution in [3.05, 3.63) is 0 Å². The van der Waals surface area contributed by atoms with Gasteiger partial charge in [0.05, 0.1) is 0 Å². The molecule has 40 valence electrons. The summed E-state index contributed by atoms with van der Waals surface area (Å²) in [7, 11) is -4.64. The molecule has 0 aromatic carbocycles. The fourth-order valence-electron chi connectivity index (χ4n) is 0. The van der Waals surface area contributed by atoms with Crippen LogP contribution in [-0.2, 0) is 4.57 Å². The van der Waals surface area contributed by atoms with Crippen molar-refractivity contribution in [2.24, 2.45) is 0 Å². The third-order valence-electron chi connectivity index (χ3n) is 0. The smallest absolute Gasteiger partial charge is 0.303 e. The molecular weight excluding hydrogens is 130 g/mol. The Balaban J connectivity index is -0.0000000800. The van der Waals surface area contributed by atoms with Gasteiger partial charge in [0.2, 0.25) is 0 Å². The maximum absolute atomic E-state index is 8.88. The highest BCUT2D eigenvalue weighted by Gasteiger charge is 2.00. The Morgan fingerprint density at radius 2 is 1.33 bits per heavy atom. The number of rotatable bonds is 0. The summed E-state index contributed by atoms with van der Waals surface area (Å²) in [6.07, 6.45) is 0. The van der Waals surface area contributed by atoms with E-state index < -0.39 is 7.82 Å². The highest BCUT2D eigenvalue weighted by atomic mass is 35.5. The molecule has 0 aliphatic rings. The van der Waals surface area contributed by atoms with E-state index in [-0.39, 0.29) is 13.8 Å². The topological polar surface area (TPSA) is 77.8 Å². The van der Waals surface area contributed by atoms with E-state index in [0.29, 0.717) is 0 Å². The minimum Gasteiger partial charge on any atom is -0.303 e. The van der Waals surface area contributed by atoms with Gasteiger partial charge in [0.1, 0.15) is 0 Å². The van der Waals surface area contributed by atoms with Crippen LogP contribution >= 0.6 is 20.2 Å². The highest BCUT2D eigenvalue weighted by molar-refractivity contribution is 7.45. The van der Waals surface area contributed by atoms with E-state index in [4.69, 9.17) is 19.2 Å². The average Bonchev–Trinajstić information content (AvgIpc) is 0.722. The highest BCUT2D eigenvalue weighted by Crippen LogP contribution is 2.25. The molecule has 0 atom stereocenters. The zero-order valence-corrected chi connectivity index (χ0v) is 4.32. The van der Waals surface area contributed by atoms with Crippen molar-refractivity contribution in [3.8, 4) is 0 Å². The Morgan fingerprint density at radius 1 is 1.33 bits per heavy atom. The second-order valence-corrected chi connectivity index (χ2v) is 1.54. The SMILES string of the molecule is Cl.O=P(O)(O)O.[H+]. The van der Waals surface area contributed by atoms with E-state index in [1.807, 2.05) is 0 Å². The van der Waals surface area contributed by atoms with Crippen molar-refractivity contribution in [2.75, 3.05) is 0 Å². The minimum absolute atomic E-state index is 0. The average molecular weight is 135 g/mol. The van der Waals surface area contributed by atoms with Gasteiger partial charge >= 0.3 is 9.25 Å². The molecule has 0 heterocycles. The van der Waals surface area contributed by atoms with Crippen molar-refractivity contribution in [3.63, 3.8) is 0 Å². The largest absolute Gasteiger partial charge is 1.00 e. The third-order valence-corrected chi connectivity index (χ3v) is 0. The van der Waals surface area contributed by atoms with Gasteiger partial charge in [-0.05, 0) is 0 Å². The van der Waals surface area contributed by atoms with E-state index in [0.717, 1.165) is 0 Å². The van der Waals surface area contributed by atoms with E-state index in [1.165, 1.54) is 0 Å². The molecule has 6 heteroatoms. The van der Waals surface area contributed by atoms with Crippen LogP contribution in [0.2, 0.25) is 0 Å². The van der Waals surface area contributed by atoms with Crippen molar-refractivity contribution >= 4 is 20.2 Å². The van der Waals surface area contributed by atoms with Gasteiger partial charge in [-0.2, -0.15) is 0 Å². The molecule has 0 saturated heterocycles. The standard InChI is InChI=1S/ClH.H3O4P/c;1-5(2,3)4/h1H;(H3,1,2,3,4)/p+1. The van der Waals surface area contributed by atoms with E-state index >= 15 is 0 Å². The summed E-state index contributed by atoms with van der Waals surface area (Å²) in [5.41, 5.74) is 0. The Hall–Kier alpha value is 0.400. The van der Waals surface area contributed by atoms with Crippen LogP contribution < -0.4 is 0 Å². The molecule has 0 rings (SSSR count). The lowest BCUT2D eigenvalue weighted by Gasteiger charge is -1.82. The van der Waals surface area contributed by atoms with Gasteiger partial charge in [0.25, 0.3) is 0 Å².